The van der Waals surface area contributed by atoms with Crippen LogP contribution in [0, 0.1) is 17.7 Å². The van der Waals surface area contributed by atoms with Crippen LogP contribution in [0.1, 0.15) is 35.7 Å². The van der Waals surface area contributed by atoms with Crippen LogP contribution in [0.3, 0.4) is 0 Å². The van der Waals surface area contributed by atoms with Gasteiger partial charge in [0.15, 0.2) is 5.78 Å². The van der Waals surface area contributed by atoms with Gasteiger partial charge in [0, 0.05) is 35.8 Å². The molecule has 2 amide bonds. The summed E-state index contributed by atoms with van der Waals surface area (Å²) >= 11 is 5.84. The van der Waals surface area contributed by atoms with E-state index >= 15 is 0 Å². The van der Waals surface area contributed by atoms with Gasteiger partial charge in [-0.25, -0.2) is 4.39 Å². The normalized spacial score (nSPS) is 20.8. The van der Waals surface area contributed by atoms with Gasteiger partial charge in [0.05, 0.1) is 15.8 Å². The minimum Gasteiger partial charge on any atom is -0.350 e. The number of hydrogen-bond donors (Lipinski definition) is 3. The molecule has 0 radical (unpaired) electrons. The molecule has 9 nitrogen and oxygen atoms in total. The van der Waals surface area contributed by atoms with E-state index in [2.05, 4.69) is 5.32 Å². The Labute approximate surface area is 222 Å². The van der Waals surface area contributed by atoms with E-state index in [-0.39, 0.29) is 58.4 Å². The maximum absolute atomic E-state index is 14.3. The molecule has 200 valence electrons. The van der Waals surface area contributed by atoms with Crippen LogP contribution in [-0.2, 0) is 27.2 Å². The van der Waals surface area contributed by atoms with Crippen LogP contribution in [0.2, 0.25) is 5.02 Å². The highest BCUT2D eigenvalue weighted by Gasteiger charge is 2.51. The van der Waals surface area contributed by atoms with Crippen molar-refractivity contribution in [1.82, 2.24) is 14.8 Å². The van der Waals surface area contributed by atoms with Crippen molar-refractivity contribution in [3.8, 4) is 0 Å². The Morgan fingerprint density at radius 1 is 1.18 bits per heavy atom. The lowest BCUT2D eigenvalue weighted by Crippen LogP contribution is -2.49. The molecule has 2 aliphatic rings. The highest BCUT2D eigenvalue weighted by Crippen LogP contribution is 2.45. The number of carbonyl (C=O) groups is 3. The summed E-state index contributed by atoms with van der Waals surface area (Å²) in [6.45, 7) is 1.48. The number of likely N-dealkylation sites (tertiary alicyclic amines) is 1. The maximum atomic E-state index is 14.3. The third kappa shape index (κ3) is 4.78. The largest absolute Gasteiger partial charge is 0.356 e. The second-order valence-corrected chi connectivity index (χ2v) is 11.9. The van der Waals surface area contributed by atoms with Gasteiger partial charge >= 0.3 is 7.60 Å². The van der Waals surface area contributed by atoms with E-state index in [1.807, 2.05) is 0 Å². The first-order chi connectivity index (χ1) is 18.0. The molecule has 1 saturated heterocycles. The summed E-state index contributed by atoms with van der Waals surface area (Å²) in [5, 5.41) is 2.95. The molecule has 1 aliphatic carbocycles. The molecular formula is C26H26ClFN3O6P. The van der Waals surface area contributed by atoms with Crippen molar-refractivity contribution in [2.75, 3.05) is 6.54 Å². The Kier molecular flexibility index (Phi) is 6.94. The first kappa shape index (κ1) is 26.6. The maximum Gasteiger partial charge on any atom is 0.356 e. The first-order valence-corrected chi connectivity index (χ1v) is 14.1. The Morgan fingerprint density at radius 3 is 2.61 bits per heavy atom. The van der Waals surface area contributed by atoms with Crippen molar-refractivity contribution >= 4 is 53.0 Å². The molecule has 3 N–H and O–H groups in total. The number of amides is 2. The van der Waals surface area contributed by atoms with Crippen molar-refractivity contribution in [3.05, 3.63) is 64.6 Å². The van der Waals surface area contributed by atoms with Crippen LogP contribution in [0.25, 0.3) is 10.9 Å². The predicted octanol–water partition coefficient (Wildman–Crippen LogP) is 2.99. The monoisotopic (exact) mass is 561 g/mol. The minimum atomic E-state index is -4.56. The van der Waals surface area contributed by atoms with E-state index < -0.39 is 19.5 Å². The first-order valence-electron chi connectivity index (χ1n) is 12.2. The van der Waals surface area contributed by atoms with Crippen LogP contribution in [-0.4, -0.2) is 49.4 Å². The van der Waals surface area contributed by atoms with Gasteiger partial charge in [-0.3, -0.25) is 18.9 Å². The van der Waals surface area contributed by atoms with E-state index in [0.717, 1.165) is 12.8 Å². The zero-order valence-electron chi connectivity index (χ0n) is 20.4. The molecule has 1 saturated carbocycles. The number of aromatic nitrogens is 1. The van der Waals surface area contributed by atoms with Gasteiger partial charge in [0.2, 0.25) is 11.8 Å². The van der Waals surface area contributed by atoms with Crippen LogP contribution in [0.15, 0.2) is 42.6 Å². The molecule has 1 aromatic heterocycles. The Hall–Kier alpha value is -3.04. The molecule has 0 bridgehead atoms. The number of fused-ring (bicyclic) bond motifs is 2. The molecule has 12 heteroatoms. The second kappa shape index (κ2) is 9.93. The topological polar surface area (TPSA) is 129 Å². The molecule has 0 spiro atoms. The average Bonchev–Trinajstić information content (AvgIpc) is 3.33. The Morgan fingerprint density at radius 2 is 1.95 bits per heavy atom. The summed E-state index contributed by atoms with van der Waals surface area (Å²) < 4.78 is 27.6. The van der Waals surface area contributed by atoms with E-state index in [4.69, 9.17) is 11.6 Å². The van der Waals surface area contributed by atoms with Crippen molar-refractivity contribution in [1.29, 1.82) is 0 Å². The highest BCUT2D eigenvalue weighted by atomic mass is 35.5. The van der Waals surface area contributed by atoms with Gasteiger partial charge < -0.3 is 24.6 Å². The number of Topliss-reactive ketones (excluding diaryl/α,β-unsaturated/α-hetero) is 1. The van der Waals surface area contributed by atoms with Crippen LogP contribution >= 0.6 is 19.2 Å². The lowest BCUT2D eigenvalue weighted by atomic mass is 9.73. The van der Waals surface area contributed by atoms with Gasteiger partial charge in [0.25, 0.3) is 0 Å². The van der Waals surface area contributed by atoms with Gasteiger partial charge in [-0.2, -0.15) is 0 Å². The van der Waals surface area contributed by atoms with Crippen molar-refractivity contribution in [2.24, 2.45) is 11.8 Å². The molecule has 0 unspecified atom stereocenters. The quantitative estimate of drug-likeness (QED) is 0.300. The van der Waals surface area contributed by atoms with Crippen molar-refractivity contribution < 1.29 is 33.1 Å². The number of hydrogen-bond acceptors (Lipinski definition) is 4. The minimum absolute atomic E-state index is 0.00129. The fraction of sp³-hybridized carbons (Fsp3) is 0.346. The van der Waals surface area contributed by atoms with Gasteiger partial charge in [-0.05, 0) is 49.8 Å². The van der Waals surface area contributed by atoms with Crippen molar-refractivity contribution in [2.45, 2.75) is 38.9 Å². The van der Waals surface area contributed by atoms with E-state index in [9.17, 15) is 33.1 Å². The summed E-state index contributed by atoms with van der Waals surface area (Å²) in [7, 11) is -4.56. The zero-order chi connectivity index (χ0) is 27.4. The number of nitrogens with one attached hydrogen (secondary N) is 1. The predicted molar refractivity (Wildman–Crippen MR) is 139 cm³/mol. The number of carbonyl (C=O) groups excluding carboxylic acids is 3. The van der Waals surface area contributed by atoms with Crippen LogP contribution in [0.4, 0.5) is 4.39 Å². The summed E-state index contributed by atoms with van der Waals surface area (Å²) in [5.74, 6) is -1.41. The van der Waals surface area contributed by atoms with E-state index in [1.165, 1.54) is 52.9 Å². The summed E-state index contributed by atoms with van der Waals surface area (Å²) in [5.41, 5.74) is 0.900. The highest BCUT2D eigenvalue weighted by molar-refractivity contribution is 7.60. The molecule has 5 rings (SSSR count). The average molecular weight is 562 g/mol. The Balaban J connectivity index is 1.40. The summed E-state index contributed by atoms with van der Waals surface area (Å²) in [6.07, 6.45) is 3.19. The van der Waals surface area contributed by atoms with Crippen molar-refractivity contribution in [3.63, 3.8) is 0 Å². The molecule has 1 aliphatic heterocycles. The van der Waals surface area contributed by atoms with Gasteiger partial charge in [0.1, 0.15) is 18.4 Å². The lowest BCUT2D eigenvalue weighted by molar-refractivity contribution is -0.140. The molecular weight excluding hydrogens is 536 g/mol. The number of benzene rings is 2. The van der Waals surface area contributed by atoms with Gasteiger partial charge in [-0.1, -0.05) is 29.8 Å². The molecule has 38 heavy (non-hydrogen) atoms. The molecule has 2 aromatic carbocycles. The third-order valence-corrected chi connectivity index (χ3v) is 8.85. The molecule has 3 aromatic rings. The SMILES string of the molecule is CC(=O)c1cn(CC(=O)N2C[C@@H]3CC[C@@H]3[C@H]2C(=O)NCc2cccc(Cl)c2F)c2cc(P(=O)(O)O)ccc12. The smallest absolute Gasteiger partial charge is 0.350 e. The van der Waals surface area contributed by atoms with E-state index in [1.54, 1.807) is 6.07 Å². The van der Waals surface area contributed by atoms with Crippen LogP contribution in [0.5, 0.6) is 0 Å². The fourth-order valence-corrected chi connectivity index (χ4v) is 6.26. The standard InChI is InChI=1S/C26H26ClFN3O6P/c1-14(32)20-12-30(22-9-17(38(35,36)37)6-8-19(20)22)13-23(33)31-11-16-5-7-18(16)25(31)26(34)29-10-15-3-2-4-21(27)24(15)28/h2-4,6,8-9,12,16,18,25H,5,7,10-11,13H2,1H3,(H,29,34)(H2,35,36,37)/t16-,18-,25-/m0/s1. The van der Waals surface area contributed by atoms with Crippen LogP contribution < -0.4 is 10.6 Å². The number of halogens is 2. The van der Waals surface area contributed by atoms with E-state index in [0.29, 0.717) is 23.0 Å². The molecule has 2 fully saturated rings. The summed E-state index contributed by atoms with van der Waals surface area (Å²) in [6, 6.07) is 7.83. The number of rotatable bonds is 7. The fourth-order valence-electron chi connectivity index (χ4n) is 5.51. The Bertz CT molecular complexity index is 1520. The summed E-state index contributed by atoms with van der Waals surface area (Å²) in [4.78, 5) is 59.8. The number of nitrogens with zero attached hydrogens (tertiary/aromatic N) is 2. The third-order valence-electron chi connectivity index (χ3n) is 7.61. The van der Waals surface area contributed by atoms with Gasteiger partial charge in [-0.15, -0.1) is 0 Å². The lowest BCUT2D eigenvalue weighted by Gasteiger charge is -2.32. The second-order valence-electron chi connectivity index (χ2n) is 9.90. The molecule has 3 atom stereocenters. The number of ketones is 1. The molecule has 2 heterocycles. The zero-order valence-corrected chi connectivity index (χ0v) is 22.1.